The molecule has 3 aromatic carbocycles. The van der Waals surface area contributed by atoms with Crippen LogP contribution in [0.25, 0.3) is 11.6 Å². The fourth-order valence-electron chi connectivity index (χ4n) is 3.13. The molecule has 9 heteroatoms. The zero-order valence-corrected chi connectivity index (χ0v) is 19.2. The molecule has 0 fully saturated rings. The average Bonchev–Trinajstić information content (AvgIpc) is 2.87. The van der Waals surface area contributed by atoms with Crippen molar-refractivity contribution in [3.8, 4) is 23.3 Å². The van der Waals surface area contributed by atoms with Crippen LogP contribution in [-0.4, -0.2) is 31.2 Å². The van der Waals surface area contributed by atoms with Gasteiger partial charge in [0.2, 0.25) is 0 Å². The van der Waals surface area contributed by atoms with Crippen molar-refractivity contribution in [3.05, 3.63) is 88.0 Å². The number of hydrogen-bond acceptors (Lipinski definition) is 7. The number of ether oxygens (including phenoxy) is 3. The van der Waals surface area contributed by atoms with Crippen molar-refractivity contribution >= 4 is 28.9 Å². The lowest BCUT2D eigenvalue weighted by Gasteiger charge is -2.13. The predicted octanol–water partition coefficient (Wildman–Crippen LogP) is 5.08. The monoisotopic (exact) mass is 473 g/mol. The quantitative estimate of drug-likeness (QED) is 0.188. The fraction of sp³-hybridized carbons (Fsp3) is 0.154. The number of anilines is 1. The van der Waals surface area contributed by atoms with Gasteiger partial charge in [0.1, 0.15) is 5.75 Å². The number of rotatable bonds is 10. The van der Waals surface area contributed by atoms with Crippen molar-refractivity contribution in [2.45, 2.75) is 6.92 Å². The summed E-state index contributed by atoms with van der Waals surface area (Å²) in [5.74, 6) is 1.14. The molecular weight excluding hydrogens is 450 g/mol. The second kappa shape index (κ2) is 11.9. The van der Waals surface area contributed by atoms with Gasteiger partial charge >= 0.3 is 0 Å². The highest BCUT2D eigenvalue weighted by molar-refractivity contribution is 5.92. The van der Waals surface area contributed by atoms with Gasteiger partial charge in [-0.25, -0.2) is 0 Å². The molecule has 0 saturated carbocycles. The van der Waals surface area contributed by atoms with E-state index < -0.39 is 4.92 Å². The molecule has 9 nitrogen and oxygen atoms in total. The van der Waals surface area contributed by atoms with E-state index in [1.165, 1.54) is 24.3 Å². The zero-order chi connectivity index (χ0) is 25.2. The average molecular weight is 473 g/mol. The third-order valence-electron chi connectivity index (χ3n) is 4.82. The van der Waals surface area contributed by atoms with Crippen LogP contribution in [0.15, 0.2) is 66.7 Å². The number of nitro benzene ring substituents is 1. The summed E-state index contributed by atoms with van der Waals surface area (Å²) in [6, 6.07) is 19.9. The van der Waals surface area contributed by atoms with Gasteiger partial charge in [-0.1, -0.05) is 6.07 Å². The highest BCUT2D eigenvalue weighted by atomic mass is 16.6. The van der Waals surface area contributed by atoms with Crippen molar-refractivity contribution in [2.24, 2.45) is 0 Å². The molecule has 0 aliphatic heterocycles. The second-order valence-electron chi connectivity index (χ2n) is 7.18. The summed E-state index contributed by atoms with van der Waals surface area (Å²) in [7, 11) is 1.56. The molecule has 0 aliphatic carbocycles. The number of carbonyl (C=O) groups is 1. The lowest BCUT2D eigenvalue weighted by Crippen LogP contribution is -2.20. The summed E-state index contributed by atoms with van der Waals surface area (Å²) >= 11 is 0. The molecule has 0 aromatic heterocycles. The van der Waals surface area contributed by atoms with Crippen LogP contribution in [-0.2, 0) is 4.79 Å². The normalized spacial score (nSPS) is 10.7. The SMILES string of the molecule is CCOc1cc(/C=C(/C#N)c2ccc([N+](=O)[O-])cc2)ccc1OCC(=O)Nc1ccc(OC)cc1. The summed E-state index contributed by atoms with van der Waals surface area (Å²) in [6.07, 6.45) is 1.64. The van der Waals surface area contributed by atoms with Crippen LogP contribution >= 0.6 is 0 Å². The first-order valence-electron chi connectivity index (χ1n) is 10.6. The number of amides is 1. The molecule has 0 atom stereocenters. The molecule has 0 aliphatic rings. The first-order valence-corrected chi connectivity index (χ1v) is 10.6. The number of benzene rings is 3. The third kappa shape index (κ3) is 6.82. The van der Waals surface area contributed by atoms with E-state index in [2.05, 4.69) is 11.4 Å². The summed E-state index contributed by atoms with van der Waals surface area (Å²) in [4.78, 5) is 22.6. The Morgan fingerprint density at radius 3 is 2.37 bits per heavy atom. The molecular formula is C26H23N3O6. The van der Waals surface area contributed by atoms with Gasteiger partial charge < -0.3 is 19.5 Å². The van der Waals surface area contributed by atoms with E-state index in [1.807, 2.05) is 6.92 Å². The number of nitrogens with one attached hydrogen (secondary N) is 1. The molecule has 3 aromatic rings. The molecule has 0 radical (unpaired) electrons. The van der Waals surface area contributed by atoms with Crippen LogP contribution in [0.5, 0.6) is 17.2 Å². The van der Waals surface area contributed by atoms with Crippen LogP contribution in [0.3, 0.4) is 0 Å². The van der Waals surface area contributed by atoms with E-state index in [9.17, 15) is 20.2 Å². The number of hydrogen-bond donors (Lipinski definition) is 1. The Bertz CT molecular complexity index is 1260. The van der Waals surface area contributed by atoms with Gasteiger partial charge in [0.05, 0.1) is 30.3 Å². The maximum atomic E-state index is 12.3. The Kier molecular flexibility index (Phi) is 8.40. The molecule has 0 saturated heterocycles. The van der Waals surface area contributed by atoms with Crippen LogP contribution in [0.1, 0.15) is 18.1 Å². The van der Waals surface area contributed by atoms with Gasteiger partial charge in [0.25, 0.3) is 11.6 Å². The van der Waals surface area contributed by atoms with Gasteiger partial charge in [-0.3, -0.25) is 14.9 Å². The summed E-state index contributed by atoms with van der Waals surface area (Å²) in [5, 5.41) is 23.2. The van der Waals surface area contributed by atoms with E-state index in [-0.39, 0.29) is 18.2 Å². The Morgan fingerprint density at radius 2 is 1.77 bits per heavy atom. The van der Waals surface area contributed by atoms with E-state index in [4.69, 9.17) is 14.2 Å². The van der Waals surface area contributed by atoms with Crippen LogP contribution in [0.2, 0.25) is 0 Å². The number of allylic oxidation sites excluding steroid dienone is 1. The third-order valence-corrected chi connectivity index (χ3v) is 4.82. The smallest absolute Gasteiger partial charge is 0.269 e. The first kappa shape index (κ1) is 24.8. The number of carbonyl (C=O) groups excluding carboxylic acids is 1. The standard InChI is InChI=1S/C26H23N3O6/c1-3-34-25-15-18(14-20(16-27)19-5-9-22(10-6-19)29(31)32)4-13-24(25)35-17-26(30)28-21-7-11-23(33-2)12-8-21/h4-15H,3,17H2,1-2H3,(H,28,30)/b20-14-. The summed E-state index contributed by atoms with van der Waals surface area (Å²) in [6.45, 7) is 1.96. The Hall–Kier alpha value is -4.84. The van der Waals surface area contributed by atoms with Crippen LogP contribution in [0.4, 0.5) is 11.4 Å². The minimum absolute atomic E-state index is 0.0535. The zero-order valence-electron chi connectivity index (χ0n) is 19.2. The molecule has 35 heavy (non-hydrogen) atoms. The molecule has 0 spiro atoms. The maximum Gasteiger partial charge on any atom is 0.269 e. The van der Waals surface area contributed by atoms with Gasteiger partial charge in [-0.2, -0.15) is 5.26 Å². The van der Waals surface area contributed by atoms with Crippen molar-refractivity contribution in [3.63, 3.8) is 0 Å². The number of methoxy groups -OCH3 is 1. The summed E-state index contributed by atoms with van der Waals surface area (Å²) < 4.78 is 16.4. The molecule has 0 heterocycles. The van der Waals surface area contributed by atoms with Crippen LogP contribution < -0.4 is 19.5 Å². The molecule has 0 bridgehead atoms. The van der Waals surface area contributed by atoms with Crippen LogP contribution in [0, 0.1) is 21.4 Å². The highest BCUT2D eigenvalue weighted by Crippen LogP contribution is 2.30. The molecule has 1 N–H and O–H groups in total. The Morgan fingerprint density at radius 1 is 1.06 bits per heavy atom. The topological polar surface area (TPSA) is 124 Å². The van der Waals surface area contributed by atoms with E-state index >= 15 is 0 Å². The Balaban J connectivity index is 1.72. The van der Waals surface area contributed by atoms with E-state index in [0.29, 0.717) is 46.2 Å². The van der Waals surface area contributed by atoms with Gasteiger partial charge in [0.15, 0.2) is 18.1 Å². The molecule has 1 amide bonds. The second-order valence-corrected chi connectivity index (χ2v) is 7.18. The first-order chi connectivity index (χ1) is 16.9. The van der Waals surface area contributed by atoms with Gasteiger partial charge in [-0.05, 0) is 72.7 Å². The van der Waals surface area contributed by atoms with E-state index in [0.717, 1.165) is 0 Å². The highest BCUT2D eigenvalue weighted by Gasteiger charge is 2.11. The number of nitriles is 1. The van der Waals surface area contributed by atoms with Crippen molar-refractivity contribution in [1.29, 1.82) is 5.26 Å². The number of nitro groups is 1. The Labute approximate surface area is 202 Å². The maximum absolute atomic E-state index is 12.3. The van der Waals surface area contributed by atoms with Crippen molar-refractivity contribution in [1.82, 2.24) is 0 Å². The molecule has 178 valence electrons. The lowest BCUT2D eigenvalue weighted by atomic mass is 10.0. The van der Waals surface area contributed by atoms with Crippen molar-refractivity contribution < 1.29 is 23.9 Å². The summed E-state index contributed by atoms with van der Waals surface area (Å²) in [5.41, 5.74) is 2.10. The van der Waals surface area contributed by atoms with Gasteiger partial charge in [0, 0.05) is 17.8 Å². The predicted molar refractivity (Wildman–Crippen MR) is 131 cm³/mol. The number of non-ortho nitro benzene ring substituents is 1. The largest absolute Gasteiger partial charge is 0.497 e. The number of nitrogens with zero attached hydrogens (tertiary/aromatic N) is 2. The van der Waals surface area contributed by atoms with Crippen molar-refractivity contribution in [2.75, 3.05) is 25.6 Å². The molecule has 0 unspecified atom stereocenters. The van der Waals surface area contributed by atoms with E-state index in [1.54, 1.807) is 55.7 Å². The molecule has 3 rings (SSSR count). The minimum atomic E-state index is -0.496. The fourth-order valence-corrected chi connectivity index (χ4v) is 3.13. The lowest BCUT2D eigenvalue weighted by molar-refractivity contribution is -0.384. The van der Waals surface area contributed by atoms with Gasteiger partial charge in [-0.15, -0.1) is 0 Å². The minimum Gasteiger partial charge on any atom is -0.497 e.